The van der Waals surface area contributed by atoms with Gasteiger partial charge in [-0.15, -0.1) is 0 Å². The van der Waals surface area contributed by atoms with Crippen LogP contribution >= 0.6 is 0 Å². The number of likely N-dealkylation sites (N-methyl/N-ethyl adjacent to an activating group) is 1. The number of hydrogen-bond donors (Lipinski definition) is 2. The molecule has 6 nitrogen and oxygen atoms in total. The lowest BCUT2D eigenvalue weighted by Crippen LogP contribution is -2.31. The molecule has 2 aromatic carbocycles. The van der Waals surface area contributed by atoms with Gasteiger partial charge < -0.3 is 20.3 Å². The number of hydrogen-bond acceptors (Lipinski definition) is 4. The number of nitrogens with zero attached hydrogens (tertiary/aromatic N) is 1. The average Bonchev–Trinajstić information content (AvgIpc) is 2.70. The van der Waals surface area contributed by atoms with E-state index in [2.05, 4.69) is 10.6 Å². The minimum atomic E-state index is -0.557. The van der Waals surface area contributed by atoms with E-state index in [0.717, 1.165) is 5.56 Å². The summed E-state index contributed by atoms with van der Waals surface area (Å²) in [5.74, 6) is 0.428. The largest absolute Gasteiger partial charge is 0.496 e. The first-order valence-corrected chi connectivity index (χ1v) is 9.06. The molecule has 1 unspecified atom stereocenters. The van der Waals surface area contributed by atoms with Crippen molar-refractivity contribution in [2.45, 2.75) is 19.9 Å². The predicted molar refractivity (Wildman–Crippen MR) is 107 cm³/mol. The summed E-state index contributed by atoms with van der Waals surface area (Å²) < 4.78 is 5.35. The van der Waals surface area contributed by atoms with Crippen LogP contribution in [-0.4, -0.2) is 44.0 Å². The molecule has 0 aromatic heterocycles. The van der Waals surface area contributed by atoms with Crippen molar-refractivity contribution in [2.24, 2.45) is 0 Å². The highest BCUT2D eigenvalue weighted by molar-refractivity contribution is 5.97. The minimum Gasteiger partial charge on any atom is -0.496 e. The molecule has 144 valence electrons. The normalized spacial score (nSPS) is 11.6. The van der Waals surface area contributed by atoms with Crippen LogP contribution < -0.4 is 15.4 Å². The van der Waals surface area contributed by atoms with Crippen LogP contribution in [0, 0.1) is 0 Å². The van der Waals surface area contributed by atoms with Gasteiger partial charge in [-0.3, -0.25) is 9.59 Å². The molecule has 0 aliphatic carbocycles. The lowest BCUT2D eigenvalue weighted by Gasteiger charge is -2.20. The maximum absolute atomic E-state index is 12.7. The summed E-state index contributed by atoms with van der Waals surface area (Å²) >= 11 is 0. The highest BCUT2D eigenvalue weighted by Gasteiger charge is 2.22. The Morgan fingerprint density at radius 1 is 1.04 bits per heavy atom. The fourth-order valence-corrected chi connectivity index (χ4v) is 2.94. The molecule has 2 N–H and O–H groups in total. The van der Waals surface area contributed by atoms with Crippen LogP contribution in [0.1, 0.15) is 35.8 Å². The average molecular weight is 369 g/mol. The van der Waals surface area contributed by atoms with Gasteiger partial charge >= 0.3 is 0 Å². The molecule has 1 atom stereocenters. The number of methoxy groups -OCH3 is 1. The van der Waals surface area contributed by atoms with Gasteiger partial charge in [0, 0.05) is 29.9 Å². The number of rotatable bonds is 8. The quantitative estimate of drug-likeness (QED) is 0.750. The van der Waals surface area contributed by atoms with Crippen LogP contribution in [0.3, 0.4) is 0 Å². The van der Waals surface area contributed by atoms with Gasteiger partial charge in [-0.25, -0.2) is 0 Å². The van der Waals surface area contributed by atoms with Crippen molar-refractivity contribution < 1.29 is 14.3 Å². The van der Waals surface area contributed by atoms with Crippen LogP contribution in [0.5, 0.6) is 5.75 Å². The lowest BCUT2D eigenvalue weighted by molar-refractivity contribution is -0.118. The SMILES string of the molecule is CCN(CC)C(=O)c1ccc(NC(=O)C(NC)c2ccccc2OC)cc1. The molecule has 2 aromatic rings. The number of carbonyl (C=O) groups is 2. The molecule has 2 amide bonds. The zero-order valence-corrected chi connectivity index (χ0v) is 16.3. The number of carbonyl (C=O) groups excluding carboxylic acids is 2. The van der Waals surface area contributed by atoms with Gasteiger partial charge in [0.15, 0.2) is 0 Å². The zero-order valence-electron chi connectivity index (χ0n) is 16.3. The number of benzene rings is 2. The molecule has 2 rings (SSSR count). The second kappa shape index (κ2) is 9.73. The van der Waals surface area contributed by atoms with E-state index >= 15 is 0 Å². The Balaban J connectivity index is 2.13. The third-order valence-electron chi connectivity index (χ3n) is 4.45. The summed E-state index contributed by atoms with van der Waals surface area (Å²) in [5, 5.41) is 5.90. The van der Waals surface area contributed by atoms with Crippen molar-refractivity contribution in [1.29, 1.82) is 0 Å². The van der Waals surface area contributed by atoms with E-state index in [-0.39, 0.29) is 11.8 Å². The van der Waals surface area contributed by atoms with E-state index in [9.17, 15) is 9.59 Å². The standard InChI is InChI=1S/C21H27N3O3/c1-5-24(6-2)21(26)15-11-13-16(14-12-15)23-20(25)19(22-3)17-9-7-8-10-18(17)27-4/h7-14,19,22H,5-6H2,1-4H3,(H,23,25). The van der Waals surface area contributed by atoms with Gasteiger partial charge in [-0.2, -0.15) is 0 Å². The molecule has 0 spiro atoms. The smallest absolute Gasteiger partial charge is 0.253 e. The number of anilines is 1. The van der Waals surface area contributed by atoms with E-state index in [0.29, 0.717) is 30.1 Å². The monoisotopic (exact) mass is 369 g/mol. The molecule has 0 radical (unpaired) electrons. The van der Waals surface area contributed by atoms with Crippen LogP contribution in [0.2, 0.25) is 0 Å². The predicted octanol–water partition coefficient (Wildman–Crippen LogP) is 3.08. The molecule has 0 aliphatic rings. The summed E-state index contributed by atoms with van der Waals surface area (Å²) in [5.41, 5.74) is 1.99. The second-order valence-corrected chi connectivity index (χ2v) is 6.01. The first kappa shape index (κ1) is 20.5. The molecule has 0 fully saturated rings. The second-order valence-electron chi connectivity index (χ2n) is 6.01. The van der Waals surface area contributed by atoms with E-state index in [1.807, 2.05) is 38.1 Å². The van der Waals surface area contributed by atoms with Crippen molar-refractivity contribution in [1.82, 2.24) is 10.2 Å². The Kier molecular flexibility index (Phi) is 7.37. The molecule has 0 bridgehead atoms. The molecule has 27 heavy (non-hydrogen) atoms. The van der Waals surface area contributed by atoms with Gasteiger partial charge in [-0.1, -0.05) is 18.2 Å². The van der Waals surface area contributed by atoms with Crippen LogP contribution in [0.25, 0.3) is 0 Å². The highest BCUT2D eigenvalue weighted by Crippen LogP contribution is 2.25. The van der Waals surface area contributed by atoms with E-state index in [1.54, 1.807) is 43.3 Å². The Morgan fingerprint density at radius 3 is 2.22 bits per heavy atom. The number of nitrogens with one attached hydrogen (secondary N) is 2. The molecule has 6 heteroatoms. The minimum absolute atomic E-state index is 0.0139. The van der Waals surface area contributed by atoms with Crippen molar-refractivity contribution in [3.63, 3.8) is 0 Å². The fraction of sp³-hybridized carbons (Fsp3) is 0.333. The number of amides is 2. The molecular weight excluding hydrogens is 342 g/mol. The van der Waals surface area contributed by atoms with E-state index < -0.39 is 6.04 Å². The molecular formula is C21H27N3O3. The highest BCUT2D eigenvalue weighted by atomic mass is 16.5. The maximum atomic E-state index is 12.7. The third kappa shape index (κ3) is 4.86. The van der Waals surface area contributed by atoms with Crippen molar-refractivity contribution in [2.75, 3.05) is 32.6 Å². The summed E-state index contributed by atoms with van der Waals surface area (Å²) in [7, 11) is 3.30. The van der Waals surface area contributed by atoms with Gasteiger partial charge in [0.2, 0.25) is 5.91 Å². The number of ether oxygens (including phenoxy) is 1. The van der Waals surface area contributed by atoms with Crippen molar-refractivity contribution in [3.05, 3.63) is 59.7 Å². The van der Waals surface area contributed by atoms with E-state index in [1.165, 1.54) is 0 Å². The van der Waals surface area contributed by atoms with Crippen LogP contribution in [0.15, 0.2) is 48.5 Å². The summed E-state index contributed by atoms with van der Waals surface area (Å²) in [4.78, 5) is 26.8. The third-order valence-corrected chi connectivity index (χ3v) is 4.45. The first-order valence-electron chi connectivity index (χ1n) is 9.06. The molecule has 0 saturated heterocycles. The number of para-hydroxylation sites is 1. The van der Waals surface area contributed by atoms with Crippen LogP contribution in [-0.2, 0) is 4.79 Å². The van der Waals surface area contributed by atoms with Gasteiger partial charge in [-0.05, 0) is 51.2 Å². The van der Waals surface area contributed by atoms with Gasteiger partial charge in [0.1, 0.15) is 11.8 Å². The molecule has 0 saturated carbocycles. The summed E-state index contributed by atoms with van der Waals surface area (Å²) in [6, 6.07) is 13.8. The van der Waals surface area contributed by atoms with Gasteiger partial charge in [0.25, 0.3) is 5.91 Å². The van der Waals surface area contributed by atoms with Gasteiger partial charge in [0.05, 0.1) is 7.11 Å². The van der Waals surface area contributed by atoms with E-state index in [4.69, 9.17) is 4.74 Å². The fourth-order valence-electron chi connectivity index (χ4n) is 2.94. The Hall–Kier alpha value is -2.86. The summed E-state index contributed by atoms with van der Waals surface area (Å²) in [6.45, 7) is 5.23. The maximum Gasteiger partial charge on any atom is 0.253 e. The molecule has 0 heterocycles. The first-order chi connectivity index (χ1) is 13.0. The Morgan fingerprint density at radius 2 is 1.67 bits per heavy atom. The Bertz CT molecular complexity index is 770. The van der Waals surface area contributed by atoms with Crippen molar-refractivity contribution in [3.8, 4) is 5.75 Å². The van der Waals surface area contributed by atoms with Crippen molar-refractivity contribution >= 4 is 17.5 Å². The summed E-state index contributed by atoms with van der Waals surface area (Å²) in [6.07, 6.45) is 0. The lowest BCUT2D eigenvalue weighted by atomic mass is 10.0. The molecule has 0 aliphatic heterocycles. The topological polar surface area (TPSA) is 70.7 Å². The van der Waals surface area contributed by atoms with Crippen LogP contribution in [0.4, 0.5) is 5.69 Å². The Labute approximate surface area is 160 Å². The zero-order chi connectivity index (χ0) is 19.8.